The zero-order chi connectivity index (χ0) is 17.8. The Morgan fingerprint density at radius 1 is 1.40 bits per heavy atom. The van der Waals surface area contributed by atoms with Gasteiger partial charge in [-0.25, -0.2) is 15.0 Å². The monoisotopic (exact) mass is 345 g/mol. The number of ether oxygens (including phenoxy) is 1. The highest BCUT2D eigenvalue weighted by molar-refractivity contribution is 5.82. The number of anilines is 1. The van der Waals surface area contributed by atoms with Gasteiger partial charge in [0.25, 0.3) is 0 Å². The number of hydrogen-bond acceptors (Lipinski definition) is 7. The van der Waals surface area contributed by atoms with Crippen LogP contribution in [-0.2, 0) is 4.74 Å². The van der Waals surface area contributed by atoms with Crippen LogP contribution >= 0.6 is 0 Å². The minimum Gasteiger partial charge on any atom is -0.394 e. The van der Waals surface area contributed by atoms with E-state index >= 15 is 0 Å². The molecule has 8 heteroatoms. The molecule has 1 saturated heterocycles. The fourth-order valence-corrected chi connectivity index (χ4v) is 2.93. The molecule has 4 N–H and O–H groups in total. The normalized spacial score (nSPS) is 22.9. The first-order valence-electron chi connectivity index (χ1n) is 8.57. The van der Waals surface area contributed by atoms with Gasteiger partial charge < -0.3 is 20.7 Å². The van der Waals surface area contributed by atoms with Gasteiger partial charge in [0.2, 0.25) is 0 Å². The maximum Gasteiger partial charge on any atom is 0.189 e. The van der Waals surface area contributed by atoms with Crippen molar-refractivity contribution in [2.24, 2.45) is 0 Å². The minimum absolute atomic E-state index is 0.251. The molecule has 0 saturated carbocycles. The third-order valence-corrected chi connectivity index (χ3v) is 4.28. The maximum atomic E-state index is 10.0. The van der Waals surface area contributed by atoms with Crippen molar-refractivity contribution in [3.8, 4) is 11.8 Å². The van der Waals surface area contributed by atoms with Crippen LogP contribution < -0.4 is 5.73 Å². The summed E-state index contributed by atoms with van der Waals surface area (Å²) in [5, 5.41) is 19.4. The first-order chi connectivity index (χ1) is 12.2. The molecular weight excluding hydrogens is 322 g/mol. The summed E-state index contributed by atoms with van der Waals surface area (Å²) >= 11 is 0. The Kier molecular flexibility index (Phi) is 5.48. The molecule has 2 aromatic heterocycles. The Morgan fingerprint density at radius 2 is 2.24 bits per heavy atom. The van der Waals surface area contributed by atoms with Gasteiger partial charge in [0.1, 0.15) is 18.7 Å². The number of nitrogens with zero attached hydrogens (tertiary/aromatic N) is 4. The molecule has 0 unspecified atom stereocenters. The van der Waals surface area contributed by atoms with Gasteiger partial charge in [-0.15, -0.1) is 0 Å². The van der Waals surface area contributed by atoms with Crippen molar-refractivity contribution in [1.29, 1.82) is 0 Å². The second-order valence-electron chi connectivity index (χ2n) is 6.11. The number of nitrogens with two attached hydrogens (primary N) is 1. The fraction of sp³-hybridized carbons (Fsp3) is 0.588. The Bertz CT molecular complexity index is 795. The number of imidazole rings is 1. The number of fused-ring (bicyclic) bond motifs is 1. The van der Waals surface area contributed by atoms with E-state index in [4.69, 9.17) is 10.5 Å². The maximum absolute atomic E-state index is 10.0. The van der Waals surface area contributed by atoms with Crippen molar-refractivity contribution in [1.82, 2.24) is 19.5 Å². The predicted octanol–water partition coefficient (Wildman–Crippen LogP) is 0.981. The number of unbranched alkanes of at least 4 members (excludes halogenated alkanes) is 3. The molecule has 3 rings (SSSR count). The Hall–Kier alpha value is -2.21. The summed E-state index contributed by atoms with van der Waals surface area (Å²) in [5.41, 5.74) is 6.89. The van der Waals surface area contributed by atoms with Crippen LogP contribution in [0.1, 0.15) is 51.1 Å². The van der Waals surface area contributed by atoms with Gasteiger partial charge in [0.15, 0.2) is 22.8 Å². The van der Waals surface area contributed by atoms with Gasteiger partial charge >= 0.3 is 0 Å². The van der Waals surface area contributed by atoms with E-state index in [1.165, 1.54) is 6.33 Å². The highest BCUT2D eigenvalue weighted by Gasteiger charge is 2.36. The van der Waals surface area contributed by atoms with E-state index in [0.29, 0.717) is 23.4 Å². The van der Waals surface area contributed by atoms with Crippen LogP contribution in [0.4, 0.5) is 5.82 Å². The summed E-state index contributed by atoms with van der Waals surface area (Å²) in [6, 6.07) is 0. The molecule has 25 heavy (non-hydrogen) atoms. The standard InChI is InChI=1S/C17H23N5O3/c1-2-3-4-5-6-7-13-21-15-16(18)19-10-20-17(15)22(13)14-8-11(24)12(9-23)25-14/h10-12,14,23-24H,2-5,8-9H2,1H3,(H2,18,19,20)/t11-,12+,14+/m0/s1. The Labute approximate surface area is 146 Å². The van der Waals surface area contributed by atoms with Crippen molar-refractivity contribution in [2.45, 2.75) is 57.5 Å². The summed E-state index contributed by atoms with van der Waals surface area (Å²) in [6.07, 6.45) is 3.90. The van der Waals surface area contributed by atoms with Crippen molar-refractivity contribution in [3.05, 3.63) is 12.2 Å². The van der Waals surface area contributed by atoms with E-state index in [2.05, 4.69) is 33.7 Å². The molecule has 0 spiro atoms. The van der Waals surface area contributed by atoms with Gasteiger partial charge in [0.05, 0.1) is 12.7 Å². The number of aliphatic hydroxyl groups is 2. The van der Waals surface area contributed by atoms with Crippen molar-refractivity contribution in [2.75, 3.05) is 12.3 Å². The molecule has 0 aromatic carbocycles. The van der Waals surface area contributed by atoms with E-state index < -0.39 is 18.4 Å². The van der Waals surface area contributed by atoms with Crippen LogP contribution in [-0.4, -0.2) is 48.5 Å². The second-order valence-corrected chi connectivity index (χ2v) is 6.11. The third-order valence-electron chi connectivity index (χ3n) is 4.28. The minimum atomic E-state index is -0.753. The molecule has 1 aliphatic heterocycles. The van der Waals surface area contributed by atoms with Crippen molar-refractivity contribution in [3.63, 3.8) is 0 Å². The van der Waals surface area contributed by atoms with Crippen LogP contribution in [0.3, 0.4) is 0 Å². The quantitative estimate of drug-likeness (QED) is 0.546. The lowest BCUT2D eigenvalue weighted by Crippen LogP contribution is -2.24. The first kappa shape index (κ1) is 17.6. The summed E-state index contributed by atoms with van der Waals surface area (Å²) in [4.78, 5) is 12.7. The van der Waals surface area contributed by atoms with E-state index in [9.17, 15) is 10.2 Å². The lowest BCUT2D eigenvalue weighted by Gasteiger charge is -2.14. The molecule has 134 valence electrons. The molecule has 8 nitrogen and oxygen atoms in total. The van der Waals surface area contributed by atoms with Crippen LogP contribution in [0, 0.1) is 11.8 Å². The number of aromatic nitrogens is 4. The van der Waals surface area contributed by atoms with Crippen molar-refractivity contribution >= 4 is 17.0 Å². The Morgan fingerprint density at radius 3 is 2.96 bits per heavy atom. The number of nitrogen functional groups attached to an aromatic ring is 1. The number of aliphatic hydroxyl groups excluding tert-OH is 2. The van der Waals surface area contributed by atoms with Gasteiger partial charge in [-0.3, -0.25) is 4.57 Å². The molecule has 0 amide bonds. The lowest BCUT2D eigenvalue weighted by molar-refractivity contribution is -0.0434. The molecule has 0 aliphatic carbocycles. The van der Waals surface area contributed by atoms with Crippen LogP contribution in [0.5, 0.6) is 0 Å². The van der Waals surface area contributed by atoms with Gasteiger partial charge in [-0.05, 0) is 12.3 Å². The lowest BCUT2D eigenvalue weighted by atomic mass is 10.2. The number of hydrogen-bond donors (Lipinski definition) is 3. The molecule has 1 aliphatic rings. The van der Waals surface area contributed by atoms with Gasteiger partial charge in [-0.2, -0.15) is 0 Å². The molecule has 0 bridgehead atoms. The largest absolute Gasteiger partial charge is 0.394 e. The molecule has 0 radical (unpaired) electrons. The van der Waals surface area contributed by atoms with Crippen molar-refractivity contribution < 1.29 is 14.9 Å². The van der Waals surface area contributed by atoms with Crippen LogP contribution in [0.15, 0.2) is 6.33 Å². The summed E-state index contributed by atoms with van der Waals surface area (Å²) in [6.45, 7) is 1.90. The average molecular weight is 345 g/mol. The molecule has 3 heterocycles. The van der Waals surface area contributed by atoms with E-state index in [1.807, 2.05) is 0 Å². The zero-order valence-corrected chi connectivity index (χ0v) is 14.2. The van der Waals surface area contributed by atoms with E-state index in [-0.39, 0.29) is 12.4 Å². The smallest absolute Gasteiger partial charge is 0.189 e. The van der Waals surface area contributed by atoms with Crippen LogP contribution in [0.2, 0.25) is 0 Å². The molecular formula is C17H23N5O3. The highest BCUT2D eigenvalue weighted by Crippen LogP contribution is 2.32. The van der Waals surface area contributed by atoms with E-state index in [0.717, 1.165) is 25.7 Å². The fourth-order valence-electron chi connectivity index (χ4n) is 2.93. The summed E-state index contributed by atoms with van der Waals surface area (Å²) in [7, 11) is 0. The third kappa shape index (κ3) is 3.58. The summed E-state index contributed by atoms with van der Waals surface area (Å²) < 4.78 is 7.49. The van der Waals surface area contributed by atoms with Gasteiger partial charge in [0, 0.05) is 12.8 Å². The van der Waals surface area contributed by atoms with E-state index in [1.54, 1.807) is 4.57 Å². The average Bonchev–Trinajstić information content (AvgIpc) is 3.15. The number of rotatable bonds is 5. The molecule has 1 fully saturated rings. The second kappa shape index (κ2) is 7.78. The molecule has 3 atom stereocenters. The van der Waals surface area contributed by atoms with Gasteiger partial charge in [-0.1, -0.05) is 25.7 Å². The molecule has 2 aromatic rings. The SMILES string of the molecule is CCCCCC#Cc1nc2c(N)ncnc2n1[C@H]1C[C@H](O)[C@@H](CO)O1. The predicted molar refractivity (Wildman–Crippen MR) is 92.4 cm³/mol. The zero-order valence-electron chi connectivity index (χ0n) is 14.2. The Balaban J connectivity index is 1.97. The summed E-state index contributed by atoms with van der Waals surface area (Å²) in [5.74, 6) is 6.95. The topological polar surface area (TPSA) is 119 Å². The first-order valence-corrected chi connectivity index (χ1v) is 8.57. The van der Waals surface area contributed by atoms with Crippen LogP contribution in [0.25, 0.3) is 11.2 Å². The highest BCUT2D eigenvalue weighted by atomic mass is 16.5.